The van der Waals surface area contributed by atoms with E-state index in [1.54, 1.807) is 31.2 Å². The van der Waals surface area contributed by atoms with Crippen molar-refractivity contribution in [3.05, 3.63) is 69.8 Å². The van der Waals surface area contributed by atoms with E-state index in [0.29, 0.717) is 33.8 Å². The molecule has 0 spiro atoms. The summed E-state index contributed by atoms with van der Waals surface area (Å²) in [6, 6.07) is 14.2. The number of carbonyl (C=O) groups is 1. The van der Waals surface area contributed by atoms with Gasteiger partial charge >= 0.3 is 0 Å². The summed E-state index contributed by atoms with van der Waals surface area (Å²) in [7, 11) is 0. The van der Waals surface area contributed by atoms with Crippen molar-refractivity contribution in [3.63, 3.8) is 0 Å². The van der Waals surface area contributed by atoms with Gasteiger partial charge in [0.1, 0.15) is 11.4 Å². The number of halogens is 2. The SMILES string of the molecule is CCOc1ccc(-c2cc(C(=O)NN=C(C)c3cc(Cl)cc(Cl)c3)[nH]n2)cc1. The van der Waals surface area contributed by atoms with Gasteiger partial charge in [-0.05, 0) is 62.4 Å². The zero-order chi connectivity index (χ0) is 20.1. The number of aromatic nitrogens is 2. The molecule has 0 saturated carbocycles. The number of ether oxygens (including phenoxy) is 1. The van der Waals surface area contributed by atoms with Crippen LogP contribution in [0.2, 0.25) is 10.0 Å². The quantitative estimate of drug-likeness (QED) is 0.441. The molecule has 3 rings (SSSR count). The van der Waals surface area contributed by atoms with Gasteiger partial charge in [-0.25, -0.2) is 5.43 Å². The van der Waals surface area contributed by atoms with Crippen LogP contribution in [0.15, 0.2) is 53.6 Å². The molecule has 2 aromatic carbocycles. The van der Waals surface area contributed by atoms with Crippen molar-refractivity contribution in [3.8, 4) is 17.0 Å². The molecule has 1 heterocycles. The molecule has 6 nitrogen and oxygen atoms in total. The summed E-state index contributed by atoms with van der Waals surface area (Å²) in [6.45, 7) is 4.28. The molecule has 0 unspecified atom stereocenters. The number of hydrogen-bond donors (Lipinski definition) is 2. The molecular formula is C20H18Cl2N4O2. The van der Waals surface area contributed by atoms with Crippen LogP contribution in [-0.4, -0.2) is 28.4 Å². The number of H-pyrrole nitrogens is 1. The molecule has 144 valence electrons. The second-order valence-electron chi connectivity index (χ2n) is 5.92. The fourth-order valence-electron chi connectivity index (χ4n) is 2.50. The molecule has 0 fully saturated rings. The second-order valence-corrected chi connectivity index (χ2v) is 6.79. The molecule has 0 saturated heterocycles. The van der Waals surface area contributed by atoms with E-state index >= 15 is 0 Å². The summed E-state index contributed by atoms with van der Waals surface area (Å²) >= 11 is 12.0. The number of nitrogens with one attached hydrogen (secondary N) is 2. The minimum atomic E-state index is -0.405. The molecule has 0 aliphatic carbocycles. The van der Waals surface area contributed by atoms with Crippen molar-refractivity contribution in [1.29, 1.82) is 0 Å². The van der Waals surface area contributed by atoms with Crippen LogP contribution in [0.1, 0.15) is 29.9 Å². The third kappa shape index (κ3) is 4.91. The molecule has 0 radical (unpaired) electrons. The van der Waals surface area contributed by atoms with E-state index in [2.05, 4.69) is 20.7 Å². The maximum Gasteiger partial charge on any atom is 0.289 e. The monoisotopic (exact) mass is 416 g/mol. The van der Waals surface area contributed by atoms with E-state index < -0.39 is 5.91 Å². The van der Waals surface area contributed by atoms with E-state index in [1.807, 2.05) is 31.2 Å². The van der Waals surface area contributed by atoms with Gasteiger partial charge in [-0.2, -0.15) is 10.2 Å². The third-order valence-corrected chi connectivity index (χ3v) is 4.33. The van der Waals surface area contributed by atoms with Crippen LogP contribution in [0.3, 0.4) is 0 Å². The first-order valence-electron chi connectivity index (χ1n) is 8.56. The highest BCUT2D eigenvalue weighted by Gasteiger charge is 2.11. The minimum absolute atomic E-state index is 0.296. The zero-order valence-corrected chi connectivity index (χ0v) is 16.8. The van der Waals surface area contributed by atoms with E-state index in [0.717, 1.165) is 16.9 Å². The normalized spacial score (nSPS) is 11.4. The van der Waals surface area contributed by atoms with Gasteiger partial charge in [-0.3, -0.25) is 9.89 Å². The average molecular weight is 417 g/mol. The number of aromatic amines is 1. The number of nitrogens with zero attached hydrogens (tertiary/aromatic N) is 2. The first-order chi connectivity index (χ1) is 13.5. The Hall–Kier alpha value is -2.83. The number of rotatable bonds is 6. The van der Waals surface area contributed by atoms with E-state index in [1.165, 1.54) is 0 Å². The minimum Gasteiger partial charge on any atom is -0.494 e. The summed E-state index contributed by atoms with van der Waals surface area (Å²) in [5, 5.41) is 12.0. The molecule has 28 heavy (non-hydrogen) atoms. The Morgan fingerprint density at radius 1 is 1.14 bits per heavy atom. The van der Waals surface area contributed by atoms with E-state index in [4.69, 9.17) is 27.9 Å². The summed E-state index contributed by atoms with van der Waals surface area (Å²) < 4.78 is 5.42. The maximum atomic E-state index is 12.3. The Morgan fingerprint density at radius 3 is 2.46 bits per heavy atom. The van der Waals surface area contributed by atoms with Gasteiger partial charge in [-0.15, -0.1) is 0 Å². The molecule has 1 amide bonds. The van der Waals surface area contributed by atoms with Crippen molar-refractivity contribution < 1.29 is 9.53 Å². The van der Waals surface area contributed by atoms with Crippen molar-refractivity contribution in [2.24, 2.45) is 5.10 Å². The number of carbonyl (C=O) groups excluding carboxylic acids is 1. The van der Waals surface area contributed by atoms with Gasteiger partial charge in [0.25, 0.3) is 5.91 Å². The smallest absolute Gasteiger partial charge is 0.289 e. The van der Waals surface area contributed by atoms with Gasteiger partial charge in [0, 0.05) is 21.2 Å². The largest absolute Gasteiger partial charge is 0.494 e. The predicted molar refractivity (Wildman–Crippen MR) is 111 cm³/mol. The molecule has 2 N–H and O–H groups in total. The number of hydrogen-bond acceptors (Lipinski definition) is 4. The van der Waals surface area contributed by atoms with Crippen LogP contribution in [0.5, 0.6) is 5.75 Å². The lowest BCUT2D eigenvalue weighted by Crippen LogP contribution is -2.19. The molecule has 0 aliphatic rings. The Morgan fingerprint density at radius 2 is 1.82 bits per heavy atom. The molecule has 8 heteroatoms. The number of benzene rings is 2. The highest BCUT2D eigenvalue weighted by atomic mass is 35.5. The van der Waals surface area contributed by atoms with Crippen LogP contribution >= 0.6 is 23.2 Å². The van der Waals surface area contributed by atoms with Crippen LogP contribution < -0.4 is 10.2 Å². The summed E-state index contributed by atoms with van der Waals surface area (Å²) in [5.41, 5.74) is 5.60. The van der Waals surface area contributed by atoms with Crippen LogP contribution in [-0.2, 0) is 0 Å². The van der Waals surface area contributed by atoms with Crippen molar-refractivity contribution in [1.82, 2.24) is 15.6 Å². The van der Waals surface area contributed by atoms with Crippen molar-refractivity contribution in [2.75, 3.05) is 6.61 Å². The lowest BCUT2D eigenvalue weighted by atomic mass is 10.1. The Kier molecular flexibility index (Phi) is 6.34. The fourth-order valence-corrected chi connectivity index (χ4v) is 3.02. The standard InChI is InChI=1S/C20H18Cl2N4O2/c1-3-28-17-6-4-13(5-7-17)18-11-19(25-24-18)20(27)26-23-12(2)14-8-15(21)10-16(22)9-14/h4-11H,3H2,1-2H3,(H,24,25)(H,26,27). The van der Waals surface area contributed by atoms with Gasteiger partial charge in [0.2, 0.25) is 0 Å². The topological polar surface area (TPSA) is 79.4 Å². The predicted octanol–water partition coefficient (Wildman–Crippen LogP) is 4.94. The molecule has 0 aliphatic heterocycles. The fraction of sp³-hybridized carbons (Fsp3) is 0.150. The van der Waals surface area contributed by atoms with Gasteiger partial charge < -0.3 is 4.74 Å². The van der Waals surface area contributed by atoms with E-state index in [9.17, 15) is 4.79 Å². The van der Waals surface area contributed by atoms with Crippen molar-refractivity contribution in [2.45, 2.75) is 13.8 Å². The molecular weight excluding hydrogens is 399 g/mol. The number of amides is 1. The Balaban J connectivity index is 1.70. The highest BCUT2D eigenvalue weighted by Crippen LogP contribution is 2.22. The summed E-state index contributed by atoms with van der Waals surface area (Å²) in [6.07, 6.45) is 0. The van der Waals surface area contributed by atoms with Crippen LogP contribution in [0.4, 0.5) is 0 Å². The van der Waals surface area contributed by atoms with Gasteiger partial charge in [0.15, 0.2) is 0 Å². The van der Waals surface area contributed by atoms with Crippen molar-refractivity contribution >= 4 is 34.8 Å². The highest BCUT2D eigenvalue weighted by molar-refractivity contribution is 6.35. The molecule has 1 aromatic heterocycles. The maximum absolute atomic E-state index is 12.3. The van der Waals surface area contributed by atoms with Crippen LogP contribution in [0.25, 0.3) is 11.3 Å². The zero-order valence-electron chi connectivity index (χ0n) is 15.3. The first-order valence-corrected chi connectivity index (χ1v) is 9.31. The van der Waals surface area contributed by atoms with E-state index in [-0.39, 0.29) is 0 Å². The lowest BCUT2D eigenvalue weighted by Gasteiger charge is -2.03. The Bertz CT molecular complexity index is 993. The summed E-state index contributed by atoms with van der Waals surface area (Å²) in [4.78, 5) is 12.3. The first kappa shape index (κ1) is 19.9. The Labute approximate surface area is 172 Å². The van der Waals surface area contributed by atoms with Gasteiger partial charge in [0.05, 0.1) is 18.0 Å². The molecule has 3 aromatic rings. The average Bonchev–Trinajstić information content (AvgIpc) is 3.16. The second kappa shape index (κ2) is 8.91. The molecule has 0 bridgehead atoms. The molecule has 0 atom stereocenters. The third-order valence-electron chi connectivity index (χ3n) is 3.89. The lowest BCUT2D eigenvalue weighted by molar-refractivity contribution is 0.0950. The van der Waals surface area contributed by atoms with Crippen LogP contribution in [0, 0.1) is 0 Å². The van der Waals surface area contributed by atoms with Gasteiger partial charge in [-0.1, -0.05) is 23.2 Å². The number of hydrazone groups is 1. The summed E-state index contributed by atoms with van der Waals surface area (Å²) in [5.74, 6) is 0.378.